The van der Waals surface area contributed by atoms with E-state index in [1.807, 2.05) is 31.2 Å². The molecule has 36 heavy (non-hydrogen) atoms. The highest BCUT2D eigenvalue weighted by Crippen LogP contribution is 2.30. The number of anilines is 1. The lowest BCUT2D eigenvalue weighted by atomic mass is 9.99. The van der Waals surface area contributed by atoms with Crippen molar-refractivity contribution in [3.05, 3.63) is 77.0 Å². The Bertz CT molecular complexity index is 1350. The summed E-state index contributed by atoms with van der Waals surface area (Å²) in [7, 11) is 0. The maximum atomic E-state index is 14.7. The molecule has 9 heteroatoms. The van der Waals surface area contributed by atoms with E-state index >= 15 is 0 Å². The van der Waals surface area contributed by atoms with Crippen molar-refractivity contribution in [3.8, 4) is 11.4 Å². The van der Waals surface area contributed by atoms with Crippen molar-refractivity contribution in [2.45, 2.75) is 57.2 Å². The minimum atomic E-state index is -0.568. The maximum absolute atomic E-state index is 14.7. The summed E-state index contributed by atoms with van der Waals surface area (Å²) >= 11 is 6.21. The molecule has 1 aromatic carbocycles. The molecule has 3 N–H and O–H groups in total. The van der Waals surface area contributed by atoms with E-state index in [2.05, 4.69) is 32.5 Å². The third-order valence-corrected chi connectivity index (χ3v) is 7.37. The summed E-state index contributed by atoms with van der Waals surface area (Å²) in [6.07, 6.45) is 8.68. The summed E-state index contributed by atoms with van der Waals surface area (Å²) in [5.41, 5.74) is 3.15. The first-order valence-corrected chi connectivity index (χ1v) is 12.6. The highest BCUT2D eigenvalue weighted by Gasteiger charge is 2.28. The molecule has 5 rings (SSSR count). The zero-order valence-corrected chi connectivity index (χ0v) is 21.1. The van der Waals surface area contributed by atoms with Crippen molar-refractivity contribution < 1.29 is 9.50 Å². The van der Waals surface area contributed by atoms with Crippen molar-refractivity contribution in [3.63, 3.8) is 0 Å². The molecule has 188 valence electrons. The minimum Gasteiger partial charge on any atom is -0.387 e. The second-order valence-corrected chi connectivity index (χ2v) is 10.2. The van der Waals surface area contributed by atoms with E-state index in [0.717, 1.165) is 30.2 Å². The second-order valence-electron chi connectivity index (χ2n) is 9.78. The normalized spacial score (nSPS) is 16.8. The molecule has 4 aromatic rings. The molecule has 7 nitrogen and oxygen atoms in total. The molecule has 2 atom stereocenters. The van der Waals surface area contributed by atoms with Gasteiger partial charge in [0.15, 0.2) is 11.5 Å². The number of pyridine rings is 1. The average molecular weight is 509 g/mol. The van der Waals surface area contributed by atoms with Crippen LogP contribution in [0, 0.1) is 5.82 Å². The zero-order valence-electron chi connectivity index (χ0n) is 20.4. The predicted molar refractivity (Wildman–Crippen MR) is 140 cm³/mol. The smallest absolute Gasteiger partial charge is 0.223 e. The first-order valence-electron chi connectivity index (χ1n) is 12.3. The van der Waals surface area contributed by atoms with Crippen LogP contribution >= 0.6 is 11.6 Å². The lowest BCUT2D eigenvalue weighted by Gasteiger charge is -2.27. The van der Waals surface area contributed by atoms with E-state index in [-0.39, 0.29) is 17.3 Å². The van der Waals surface area contributed by atoms with Gasteiger partial charge in [-0.3, -0.25) is 4.40 Å². The number of halogens is 2. The fraction of sp³-hybridized carbons (Fsp3) is 0.370. The van der Waals surface area contributed by atoms with Crippen LogP contribution in [-0.4, -0.2) is 36.5 Å². The summed E-state index contributed by atoms with van der Waals surface area (Å²) in [5, 5.41) is 17.9. The van der Waals surface area contributed by atoms with Gasteiger partial charge < -0.3 is 15.7 Å². The molecular formula is C27H30ClFN6O. The van der Waals surface area contributed by atoms with Gasteiger partial charge in [0.2, 0.25) is 5.95 Å². The molecule has 3 heterocycles. The number of nitrogens with zero attached hydrogens (tertiary/aromatic N) is 4. The van der Waals surface area contributed by atoms with Gasteiger partial charge in [-0.1, -0.05) is 48.7 Å². The van der Waals surface area contributed by atoms with Crippen molar-refractivity contribution in [2.75, 3.05) is 11.9 Å². The third kappa shape index (κ3) is 5.07. The molecule has 0 amide bonds. The molecule has 1 aliphatic carbocycles. The van der Waals surface area contributed by atoms with Gasteiger partial charge in [-0.05, 0) is 49.9 Å². The number of hydrogen-bond acceptors (Lipinski definition) is 6. The average Bonchev–Trinajstić information content (AvgIpc) is 3.51. The summed E-state index contributed by atoms with van der Waals surface area (Å²) in [6, 6.07) is 11.2. The summed E-state index contributed by atoms with van der Waals surface area (Å²) in [6.45, 7) is 4.75. The molecule has 0 bridgehead atoms. The maximum Gasteiger partial charge on any atom is 0.223 e. The van der Waals surface area contributed by atoms with Gasteiger partial charge in [-0.15, -0.1) is 0 Å². The van der Waals surface area contributed by atoms with E-state index in [9.17, 15) is 9.50 Å². The van der Waals surface area contributed by atoms with Crippen LogP contribution in [0.4, 0.5) is 10.3 Å². The summed E-state index contributed by atoms with van der Waals surface area (Å²) < 4.78 is 16.4. The Balaban J connectivity index is 1.28. The van der Waals surface area contributed by atoms with Crippen LogP contribution in [0.3, 0.4) is 0 Å². The van der Waals surface area contributed by atoms with E-state index in [4.69, 9.17) is 11.6 Å². The Morgan fingerprint density at radius 2 is 1.83 bits per heavy atom. The number of aliphatic hydroxyl groups excluding tert-OH is 1. The molecule has 0 radical (unpaired) electrons. The first kappa shape index (κ1) is 24.6. The number of β-amino-alcohol motifs (C(OH)–C–C–N with tert-alkyl or cyclic N) is 1. The summed E-state index contributed by atoms with van der Waals surface area (Å²) in [4.78, 5) is 12.8. The Morgan fingerprint density at radius 3 is 2.58 bits per heavy atom. The topological polar surface area (TPSA) is 87.4 Å². The van der Waals surface area contributed by atoms with Crippen LogP contribution in [0.25, 0.3) is 17.0 Å². The lowest BCUT2D eigenvalue weighted by molar-refractivity contribution is 0.159. The molecule has 3 aromatic heterocycles. The lowest BCUT2D eigenvalue weighted by Crippen LogP contribution is -2.41. The van der Waals surface area contributed by atoms with E-state index in [0.29, 0.717) is 28.9 Å². The number of nitrogens with one attached hydrogen (secondary N) is 2. The highest BCUT2D eigenvalue weighted by molar-refractivity contribution is 6.33. The van der Waals surface area contributed by atoms with E-state index < -0.39 is 11.9 Å². The molecule has 0 saturated heterocycles. The van der Waals surface area contributed by atoms with Gasteiger partial charge >= 0.3 is 0 Å². The van der Waals surface area contributed by atoms with Crippen LogP contribution in [0.5, 0.6) is 0 Å². The van der Waals surface area contributed by atoms with Crippen molar-refractivity contribution in [1.82, 2.24) is 24.7 Å². The fourth-order valence-corrected chi connectivity index (χ4v) is 5.06. The summed E-state index contributed by atoms with van der Waals surface area (Å²) in [5.74, 6) is -0.248. The van der Waals surface area contributed by atoms with Crippen LogP contribution in [-0.2, 0) is 0 Å². The van der Waals surface area contributed by atoms with Gasteiger partial charge in [-0.2, -0.15) is 0 Å². The number of aliphatic hydroxyl groups is 1. The monoisotopic (exact) mass is 508 g/mol. The Kier molecular flexibility index (Phi) is 6.92. The number of fused-ring (bicyclic) bond motifs is 1. The fourth-order valence-electron chi connectivity index (χ4n) is 4.84. The minimum absolute atomic E-state index is 0.128. The molecule has 0 aliphatic heterocycles. The van der Waals surface area contributed by atoms with Gasteiger partial charge in [-0.25, -0.2) is 19.3 Å². The van der Waals surface area contributed by atoms with Crippen LogP contribution < -0.4 is 10.6 Å². The van der Waals surface area contributed by atoms with E-state index in [1.54, 1.807) is 28.9 Å². The molecule has 0 spiro atoms. The van der Waals surface area contributed by atoms with Crippen LogP contribution in [0.1, 0.15) is 62.8 Å². The Labute approximate surface area is 214 Å². The number of aromatic nitrogens is 4. The largest absolute Gasteiger partial charge is 0.387 e. The SMILES string of the molecule is C[C@H](Nc1ncc(F)c(-c2cnc3c(Cl)cccn23)n1)c1ccc([C@H](O)CNC2(C)CCCC2)cc1. The molecule has 1 saturated carbocycles. The van der Waals surface area contributed by atoms with Gasteiger partial charge in [0, 0.05) is 18.3 Å². The Hall–Kier alpha value is -3.07. The van der Waals surface area contributed by atoms with Crippen molar-refractivity contribution >= 4 is 23.2 Å². The second kappa shape index (κ2) is 10.1. The van der Waals surface area contributed by atoms with Crippen molar-refractivity contribution in [2.24, 2.45) is 0 Å². The predicted octanol–water partition coefficient (Wildman–Crippen LogP) is 5.71. The number of rotatable bonds is 8. The highest BCUT2D eigenvalue weighted by atomic mass is 35.5. The number of imidazole rings is 1. The number of hydrogen-bond donors (Lipinski definition) is 3. The van der Waals surface area contributed by atoms with Gasteiger partial charge in [0.1, 0.15) is 5.69 Å². The molecule has 0 unspecified atom stereocenters. The molecule has 1 fully saturated rings. The standard InChI is InChI=1S/C27H30ClFN6O/c1-17(18-7-9-19(10-8-18)23(36)16-32-27(2)11-3-4-12-27)33-26-31-14-21(29)24(34-26)22-15-30-25-20(28)6-5-13-35(22)25/h5-10,13-15,17,23,32,36H,3-4,11-12,16H2,1-2H3,(H,31,33,34)/t17-,23+/m0/s1. The van der Waals surface area contributed by atoms with Crippen molar-refractivity contribution in [1.29, 1.82) is 0 Å². The van der Waals surface area contributed by atoms with Gasteiger partial charge in [0.05, 0.1) is 35.3 Å². The zero-order chi connectivity index (χ0) is 25.3. The van der Waals surface area contributed by atoms with E-state index in [1.165, 1.54) is 12.8 Å². The first-order chi connectivity index (χ1) is 17.3. The quantitative estimate of drug-likeness (QED) is 0.282. The van der Waals surface area contributed by atoms with Gasteiger partial charge in [0.25, 0.3) is 0 Å². The van der Waals surface area contributed by atoms with Crippen LogP contribution in [0.2, 0.25) is 5.02 Å². The van der Waals surface area contributed by atoms with Crippen LogP contribution in [0.15, 0.2) is 55.0 Å². The Morgan fingerprint density at radius 1 is 1.11 bits per heavy atom. The number of benzene rings is 1. The molecular weight excluding hydrogens is 479 g/mol. The molecule has 1 aliphatic rings. The third-order valence-electron chi connectivity index (χ3n) is 7.07.